The molecule has 2 unspecified atom stereocenters. The van der Waals surface area contributed by atoms with E-state index in [2.05, 4.69) is 44.2 Å². The molecule has 1 saturated carbocycles. The Balaban J connectivity index is 2.23. The monoisotopic (exact) mass is 160 g/mol. The first-order valence-electron chi connectivity index (χ1n) is 4.83. The van der Waals surface area contributed by atoms with Gasteiger partial charge in [-0.3, -0.25) is 0 Å². The summed E-state index contributed by atoms with van der Waals surface area (Å²) in [5.41, 5.74) is 2.03. The highest BCUT2D eigenvalue weighted by molar-refractivity contribution is 5.31. The van der Waals surface area contributed by atoms with Gasteiger partial charge in [-0.1, -0.05) is 50.6 Å². The molecule has 0 heteroatoms. The predicted molar refractivity (Wildman–Crippen MR) is 52.2 cm³/mol. The predicted octanol–water partition coefficient (Wildman–Crippen LogP) is 3.37. The van der Waals surface area contributed by atoms with Gasteiger partial charge in [0, 0.05) is 0 Å². The van der Waals surface area contributed by atoms with E-state index in [1.807, 2.05) is 0 Å². The zero-order valence-corrected chi connectivity index (χ0v) is 7.88. The highest BCUT2D eigenvalue weighted by atomic mass is 14.5. The molecule has 0 radical (unpaired) electrons. The second-order valence-electron chi connectivity index (χ2n) is 4.09. The third kappa shape index (κ3) is 1.06. The van der Waals surface area contributed by atoms with E-state index in [0.717, 1.165) is 5.92 Å². The molecule has 12 heavy (non-hydrogen) atoms. The van der Waals surface area contributed by atoms with Crippen molar-refractivity contribution in [3.8, 4) is 0 Å². The van der Waals surface area contributed by atoms with Gasteiger partial charge in [0.25, 0.3) is 0 Å². The molecule has 1 aromatic rings. The Labute approximate surface area is 74.6 Å². The molecular formula is C12H16. The van der Waals surface area contributed by atoms with Crippen molar-refractivity contribution < 1.29 is 0 Å². The van der Waals surface area contributed by atoms with Crippen molar-refractivity contribution in [1.29, 1.82) is 0 Å². The van der Waals surface area contributed by atoms with Crippen molar-refractivity contribution in [2.75, 3.05) is 0 Å². The number of hydrogen-bond donors (Lipinski definition) is 0. The van der Waals surface area contributed by atoms with E-state index in [0.29, 0.717) is 5.41 Å². The van der Waals surface area contributed by atoms with Gasteiger partial charge in [0.15, 0.2) is 0 Å². The van der Waals surface area contributed by atoms with E-state index in [1.54, 1.807) is 0 Å². The molecule has 0 amide bonds. The highest BCUT2D eigenvalue weighted by Gasteiger charge is 2.49. The zero-order valence-electron chi connectivity index (χ0n) is 7.88. The summed E-state index contributed by atoms with van der Waals surface area (Å²) in [6.07, 6.45) is 2.71. The van der Waals surface area contributed by atoms with Gasteiger partial charge in [-0.2, -0.15) is 0 Å². The SMILES string of the molecule is CCC1CC1(C)c1ccccc1. The van der Waals surface area contributed by atoms with Gasteiger partial charge in [0.05, 0.1) is 0 Å². The van der Waals surface area contributed by atoms with Crippen LogP contribution in [-0.4, -0.2) is 0 Å². The molecule has 1 aliphatic rings. The van der Waals surface area contributed by atoms with E-state index in [4.69, 9.17) is 0 Å². The molecule has 1 fully saturated rings. The zero-order chi connectivity index (χ0) is 8.60. The van der Waals surface area contributed by atoms with Crippen LogP contribution in [0, 0.1) is 5.92 Å². The second kappa shape index (κ2) is 2.62. The smallest absolute Gasteiger partial charge is 0.00439 e. The van der Waals surface area contributed by atoms with Crippen LogP contribution in [0.25, 0.3) is 0 Å². The first-order chi connectivity index (χ1) is 5.77. The molecule has 0 aromatic heterocycles. The Morgan fingerprint density at radius 1 is 1.33 bits per heavy atom. The van der Waals surface area contributed by atoms with Crippen LogP contribution in [-0.2, 0) is 5.41 Å². The van der Waals surface area contributed by atoms with Crippen molar-refractivity contribution in [3.63, 3.8) is 0 Å². The largest absolute Gasteiger partial charge is 0.0651 e. The third-order valence-electron chi connectivity index (χ3n) is 3.34. The maximum Gasteiger partial charge on any atom is -0.00439 e. The Bertz CT molecular complexity index is 263. The second-order valence-corrected chi connectivity index (χ2v) is 4.09. The van der Waals surface area contributed by atoms with Crippen LogP contribution in [0.4, 0.5) is 0 Å². The summed E-state index contributed by atoms with van der Waals surface area (Å²) in [5.74, 6) is 0.930. The molecule has 0 saturated heterocycles. The van der Waals surface area contributed by atoms with Crippen molar-refractivity contribution in [2.45, 2.75) is 32.1 Å². The van der Waals surface area contributed by atoms with Crippen LogP contribution >= 0.6 is 0 Å². The molecule has 1 aliphatic carbocycles. The number of hydrogen-bond acceptors (Lipinski definition) is 0. The third-order valence-corrected chi connectivity index (χ3v) is 3.34. The van der Waals surface area contributed by atoms with Gasteiger partial charge in [0.1, 0.15) is 0 Å². The minimum Gasteiger partial charge on any atom is -0.0651 e. The first-order valence-corrected chi connectivity index (χ1v) is 4.83. The first kappa shape index (κ1) is 7.85. The summed E-state index contributed by atoms with van der Waals surface area (Å²) in [6, 6.07) is 10.9. The molecule has 2 atom stereocenters. The van der Waals surface area contributed by atoms with Crippen LogP contribution in [0.1, 0.15) is 32.3 Å². The lowest BCUT2D eigenvalue weighted by Gasteiger charge is -2.10. The molecule has 0 aliphatic heterocycles. The van der Waals surface area contributed by atoms with Crippen molar-refractivity contribution >= 4 is 0 Å². The summed E-state index contributed by atoms with van der Waals surface area (Å²) in [6.45, 7) is 4.68. The Kier molecular flexibility index (Phi) is 1.71. The standard InChI is InChI=1S/C12H16/c1-3-10-9-12(10,2)11-7-5-4-6-8-11/h4-8,10H,3,9H2,1-2H3. The highest BCUT2D eigenvalue weighted by Crippen LogP contribution is 2.55. The van der Waals surface area contributed by atoms with Crippen LogP contribution < -0.4 is 0 Å². The Hall–Kier alpha value is -0.780. The van der Waals surface area contributed by atoms with Gasteiger partial charge in [-0.15, -0.1) is 0 Å². The van der Waals surface area contributed by atoms with E-state index in [1.165, 1.54) is 18.4 Å². The molecule has 0 heterocycles. The van der Waals surface area contributed by atoms with Gasteiger partial charge in [0.2, 0.25) is 0 Å². The van der Waals surface area contributed by atoms with Crippen molar-refractivity contribution in [1.82, 2.24) is 0 Å². The maximum absolute atomic E-state index is 2.39. The average Bonchev–Trinajstić information content (AvgIpc) is 2.81. The fraction of sp³-hybridized carbons (Fsp3) is 0.500. The van der Waals surface area contributed by atoms with Crippen LogP contribution in [0.15, 0.2) is 30.3 Å². The minimum atomic E-state index is 0.510. The van der Waals surface area contributed by atoms with Crippen LogP contribution in [0.5, 0.6) is 0 Å². The fourth-order valence-corrected chi connectivity index (χ4v) is 2.22. The summed E-state index contributed by atoms with van der Waals surface area (Å²) in [4.78, 5) is 0. The molecule has 0 spiro atoms. The van der Waals surface area contributed by atoms with Gasteiger partial charge < -0.3 is 0 Å². The van der Waals surface area contributed by atoms with Crippen LogP contribution in [0.3, 0.4) is 0 Å². The molecular weight excluding hydrogens is 144 g/mol. The maximum atomic E-state index is 2.39. The molecule has 0 nitrogen and oxygen atoms in total. The Morgan fingerprint density at radius 3 is 2.50 bits per heavy atom. The molecule has 0 N–H and O–H groups in total. The van der Waals surface area contributed by atoms with Gasteiger partial charge in [-0.05, 0) is 23.3 Å². The quantitative estimate of drug-likeness (QED) is 0.622. The molecule has 64 valence electrons. The minimum absolute atomic E-state index is 0.510. The number of rotatable bonds is 2. The summed E-state index contributed by atoms with van der Waals surface area (Å²) < 4.78 is 0. The molecule has 2 rings (SSSR count). The summed E-state index contributed by atoms with van der Waals surface area (Å²) in [5, 5.41) is 0. The number of benzene rings is 1. The van der Waals surface area contributed by atoms with Crippen LogP contribution in [0.2, 0.25) is 0 Å². The van der Waals surface area contributed by atoms with E-state index < -0.39 is 0 Å². The average molecular weight is 160 g/mol. The van der Waals surface area contributed by atoms with E-state index >= 15 is 0 Å². The molecule has 0 bridgehead atoms. The van der Waals surface area contributed by atoms with Crippen molar-refractivity contribution in [2.24, 2.45) is 5.92 Å². The normalized spacial score (nSPS) is 33.3. The van der Waals surface area contributed by atoms with E-state index in [-0.39, 0.29) is 0 Å². The topological polar surface area (TPSA) is 0 Å². The lowest BCUT2D eigenvalue weighted by atomic mass is 9.95. The lowest BCUT2D eigenvalue weighted by Crippen LogP contribution is -2.03. The molecule has 1 aromatic carbocycles. The van der Waals surface area contributed by atoms with Gasteiger partial charge >= 0.3 is 0 Å². The fourth-order valence-electron chi connectivity index (χ4n) is 2.22. The van der Waals surface area contributed by atoms with E-state index in [9.17, 15) is 0 Å². The summed E-state index contributed by atoms with van der Waals surface area (Å²) >= 11 is 0. The lowest BCUT2D eigenvalue weighted by molar-refractivity contribution is 0.642. The van der Waals surface area contributed by atoms with Gasteiger partial charge in [-0.25, -0.2) is 0 Å². The van der Waals surface area contributed by atoms with Crippen molar-refractivity contribution in [3.05, 3.63) is 35.9 Å². The summed E-state index contributed by atoms with van der Waals surface area (Å²) in [7, 11) is 0. The Morgan fingerprint density at radius 2 is 2.00 bits per heavy atom.